The molecule has 1 aliphatic rings. The standard InChI is InChI=1S/C14H19NO4S/c1-20(18,19)12-7-5-11(6-8-12)15-14(13(16)17)9-3-2-4-10-14/h5-8,15H,2-4,9-10H2,1H3,(H,16,17). The summed E-state index contributed by atoms with van der Waals surface area (Å²) in [5.74, 6) is -0.843. The Morgan fingerprint density at radius 2 is 1.70 bits per heavy atom. The zero-order chi connectivity index (χ0) is 14.8. The Bertz CT molecular complexity index is 586. The first-order valence-corrected chi connectivity index (χ1v) is 8.54. The molecule has 2 N–H and O–H groups in total. The smallest absolute Gasteiger partial charge is 0.329 e. The molecule has 0 saturated heterocycles. The highest BCUT2D eigenvalue weighted by atomic mass is 32.2. The summed E-state index contributed by atoms with van der Waals surface area (Å²) < 4.78 is 22.8. The Hall–Kier alpha value is -1.56. The van der Waals surface area contributed by atoms with Crippen molar-refractivity contribution in [2.24, 2.45) is 0 Å². The van der Waals surface area contributed by atoms with Gasteiger partial charge in [-0.05, 0) is 37.1 Å². The van der Waals surface area contributed by atoms with Crippen molar-refractivity contribution >= 4 is 21.5 Å². The van der Waals surface area contributed by atoms with Gasteiger partial charge in [0.15, 0.2) is 9.84 Å². The summed E-state index contributed by atoms with van der Waals surface area (Å²) in [5, 5.41) is 12.6. The van der Waals surface area contributed by atoms with Crippen molar-refractivity contribution in [3.05, 3.63) is 24.3 Å². The van der Waals surface area contributed by atoms with Crippen molar-refractivity contribution in [3.63, 3.8) is 0 Å². The van der Waals surface area contributed by atoms with Gasteiger partial charge >= 0.3 is 5.97 Å². The Balaban J connectivity index is 2.21. The molecule has 20 heavy (non-hydrogen) atoms. The van der Waals surface area contributed by atoms with E-state index in [1.165, 1.54) is 12.1 Å². The van der Waals surface area contributed by atoms with Crippen LogP contribution >= 0.6 is 0 Å². The number of carboxylic acids is 1. The van der Waals surface area contributed by atoms with Gasteiger partial charge in [0.25, 0.3) is 0 Å². The molecule has 1 aliphatic carbocycles. The number of hydrogen-bond acceptors (Lipinski definition) is 4. The first-order valence-electron chi connectivity index (χ1n) is 6.65. The topological polar surface area (TPSA) is 83.5 Å². The monoisotopic (exact) mass is 297 g/mol. The first kappa shape index (κ1) is 14.8. The predicted octanol–water partition coefficient (Wildman–Crippen LogP) is 2.29. The lowest BCUT2D eigenvalue weighted by Gasteiger charge is -2.35. The van der Waals surface area contributed by atoms with Crippen LogP contribution in [0.25, 0.3) is 0 Å². The highest BCUT2D eigenvalue weighted by molar-refractivity contribution is 7.90. The summed E-state index contributed by atoms with van der Waals surface area (Å²) in [7, 11) is -3.23. The molecule has 0 spiro atoms. The second kappa shape index (κ2) is 5.44. The number of aliphatic carboxylic acids is 1. The van der Waals surface area contributed by atoms with Gasteiger partial charge in [-0.2, -0.15) is 0 Å². The molecule has 0 atom stereocenters. The quantitative estimate of drug-likeness (QED) is 0.891. The molecule has 110 valence electrons. The molecule has 2 rings (SSSR count). The van der Waals surface area contributed by atoms with E-state index in [1.807, 2.05) is 0 Å². The number of nitrogens with one attached hydrogen (secondary N) is 1. The van der Waals surface area contributed by atoms with Crippen LogP contribution in [-0.4, -0.2) is 31.3 Å². The average Bonchev–Trinajstić information content (AvgIpc) is 2.39. The molecule has 1 fully saturated rings. The SMILES string of the molecule is CS(=O)(=O)c1ccc(NC2(C(=O)O)CCCCC2)cc1. The average molecular weight is 297 g/mol. The molecule has 0 heterocycles. The third-order valence-electron chi connectivity index (χ3n) is 3.78. The van der Waals surface area contributed by atoms with Gasteiger partial charge in [-0.25, -0.2) is 13.2 Å². The number of anilines is 1. The fourth-order valence-electron chi connectivity index (χ4n) is 2.61. The van der Waals surface area contributed by atoms with Crippen molar-refractivity contribution in [2.75, 3.05) is 11.6 Å². The Kier molecular flexibility index (Phi) is 4.04. The maximum absolute atomic E-state index is 11.5. The lowest BCUT2D eigenvalue weighted by atomic mass is 9.81. The van der Waals surface area contributed by atoms with Crippen LogP contribution in [0.1, 0.15) is 32.1 Å². The van der Waals surface area contributed by atoms with E-state index in [-0.39, 0.29) is 4.90 Å². The fraction of sp³-hybridized carbons (Fsp3) is 0.500. The first-order chi connectivity index (χ1) is 9.33. The molecule has 0 radical (unpaired) electrons. The van der Waals surface area contributed by atoms with Crippen LogP contribution in [0.15, 0.2) is 29.2 Å². The van der Waals surface area contributed by atoms with Gasteiger partial charge in [0.1, 0.15) is 5.54 Å². The normalized spacial score (nSPS) is 18.4. The molecular formula is C14H19NO4S. The van der Waals surface area contributed by atoms with Gasteiger partial charge in [-0.1, -0.05) is 19.3 Å². The van der Waals surface area contributed by atoms with E-state index in [4.69, 9.17) is 0 Å². The molecule has 1 aromatic carbocycles. The van der Waals surface area contributed by atoms with Crippen molar-refractivity contribution in [1.29, 1.82) is 0 Å². The Morgan fingerprint density at radius 1 is 1.15 bits per heavy atom. The fourth-order valence-corrected chi connectivity index (χ4v) is 3.24. The number of benzene rings is 1. The van der Waals surface area contributed by atoms with Gasteiger partial charge in [0.05, 0.1) is 4.90 Å². The van der Waals surface area contributed by atoms with Gasteiger partial charge in [-0.15, -0.1) is 0 Å². The van der Waals surface area contributed by atoms with Crippen LogP contribution in [0.2, 0.25) is 0 Å². The molecule has 0 aliphatic heterocycles. The van der Waals surface area contributed by atoms with Gasteiger partial charge in [-0.3, -0.25) is 0 Å². The number of carboxylic acid groups (broad SMARTS) is 1. The highest BCUT2D eigenvalue weighted by Crippen LogP contribution is 2.32. The Labute approximate surface area is 118 Å². The molecule has 1 saturated carbocycles. The second-order valence-corrected chi connectivity index (χ2v) is 7.39. The van der Waals surface area contributed by atoms with E-state index < -0.39 is 21.3 Å². The minimum atomic E-state index is -3.23. The maximum atomic E-state index is 11.5. The zero-order valence-electron chi connectivity index (χ0n) is 11.4. The van der Waals surface area contributed by atoms with Gasteiger partial charge < -0.3 is 10.4 Å². The summed E-state index contributed by atoms with van der Waals surface area (Å²) in [6.07, 6.45) is 5.17. The van der Waals surface area contributed by atoms with Crippen LogP contribution in [0, 0.1) is 0 Å². The molecule has 0 aromatic heterocycles. The lowest BCUT2D eigenvalue weighted by Crippen LogP contribution is -2.47. The van der Waals surface area contributed by atoms with Crippen molar-refractivity contribution in [2.45, 2.75) is 42.5 Å². The Morgan fingerprint density at radius 3 is 2.15 bits per heavy atom. The van der Waals surface area contributed by atoms with Crippen LogP contribution in [0.4, 0.5) is 5.69 Å². The van der Waals surface area contributed by atoms with Crippen LogP contribution in [0.3, 0.4) is 0 Å². The van der Waals surface area contributed by atoms with E-state index in [9.17, 15) is 18.3 Å². The summed E-state index contributed by atoms with van der Waals surface area (Å²) in [6, 6.07) is 6.23. The molecule has 0 unspecified atom stereocenters. The minimum absolute atomic E-state index is 0.232. The molecule has 0 bridgehead atoms. The summed E-state index contributed by atoms with van der Waals surface area (Å²) >= 11 is 0. The number of hydrogen-bond donors (Lipinski definition) is 2. The van der Waals surface area contributed by atoms with Crippen LogP contribution in [-0.2, 0) is 14.6 Å². The number of sulfone groups is 1. The van der Waals surface area contributed by atoms with Gasteiger partial charge in [0.2, 0.25) is 0 Å². The molecule has 6 heteroatoms. The number of rotatable bonds is 4. The maximum Gasteiger partial charge on any atom is 0.329 e. The zero-order valence-corrected chi connectivity index (χ0v) is 12.2. The van der Waals surface area contributed by atoms with E-state index >= 15 is 0 Å². The van der Waals surface area contributed by atoms with E-state index in [0.29, 0.717) is 18.5 Å². The van der Waals surface area contributed by atoms with Crippen LogP contribution < -0.4 is 5.32 Å². The predicted molar refractivity (Wildman–Crippen MR) is 76.6 cm³/mol. The molecule has 0 amide bonds. The molecule has 1 aromatic rings. The van der Waals surface area contributed by atoms with Crippen molar-refractivity contribution in [1.82, 2.24) is 0 Å². The van der Waals surface area contributed by atoms with Crippen molar-refractivity contribution < 1.29 is 18.3 Å². The summed E-state index contributed by atoms with van der Waals surface area (Å²) in [6.45, 7) is 0. The third-order valence-corrected chi connectivity index (χ3v) is 4.91. The van der Waals surface area contributed by atoms with Crippen LogP contribution in [0.5, 0.6) is 0 Å². The second-order valence-electron chi connectivity index (χ2n) is 5.37. The van der Waals surface area contributed by atoms with Crippen molar-refractivity contribution in [3.8, 4) is 0 Å². The third kappa shape index (κ3) is 3.12. The summed E-state index contributed by atoms with van der Waals surface area (Å²) in [4.78, 5) is 11.8. The van der Waals surface area contributed by atoms with E-state index in [0.717, 1.165) is 25.5 Å². The highest BCUT2D eigenvalue weighted by Gasteiger charge is 2.39. The lowest BCUT2D eigenvalue weighted by molar-refractivity contribution is -0.143. The molecular weight excluding hydrogens is 278 g/mol. The molecule has 5 nitrogen and oxygen atoms in total. The minimum Gasteiger partial charge on any atom is -0.480 e. The van der Waals surface area contributed by atoms with E-state index in [2.05, 4.69) is 5.32 Å². The largest absolute Gasteiger partial charge is 0.480 e. The van der Waals surface area contributed by atoms with Gasteiger partial charge in [0, 0.05) is 11.9 Å². The van der Waals surface area contributed by atoms with E-state index in [1.54, 1.807) is 12.1 Å². The number of carbonyl (C=O) groups is 1. The summed E-state index contributed by atoms with van der Waals surface area (Å²) in [5.41, 5.74) is -0.285.